The number of hydrogen-bond acceptors (Lipinski definition) is 2. The van der Waals surface area contributed by atoms with Crippen LogP contribution in [0.5, 0.6) is 0 Å². The molecule has 1 amide bonds. The second-order valence-electron chi connectivity index (χ2n) is 5.18. The highest BCUT2D eigenvalue weighted by atomic mass is 35.5. The molecule has 0 aliphatic rings. The molecule has 2 N–H and O–H groups in total. The van der Waals surface area contributed by atoms with Crippen molar-refractivity contribution in [3.8, 4) is 0 Å². The first kappa shape index (κ1) is 15.3. The van der Waals surface area contributed by atoms with E-state index in [0.29, 0.717) is 16.6 Å². The van der Waals surface area contributed by atoms with E-state index in [1.807, 2.05) is 32.9 Å². The Bertz CT molecular complexity index is 407. The van der Waals surface area contributed by atoms with E-state index in [1.165, 1.54) is 0 Å². The van der Waals surface area contributed by atoms with E-state index in [9.17, 15) is 4.79 Å². The van der Waals surface area contributed by atoms with Crippen LogP contribution in [-0.2, 0) is 11.3 Å². The minimum Gasteiger partial charge on any atom is -0.350 e. The molecule has 0 radical (unpaired) electrons. The zero-order chi connectivity index (χ0) is 13.8. The van der Waals surface area contributed by atoms with Crippen molar-refractivity contribution in [3.05, 3.63) is 33.8 Å². The Morgan fingerprint density at radius 1 is 1.17 bits per heavy atom. The number of carbonyl (C=O) groups excluding carboxylic acids is 1. The Morgan fingerprint density at radius 3 is 2.22 bits per heavy atom. The maximum Gasteiger partial charge on any atom is 0.234 e. The van der Waals surface area contributed by atoms with Gasteiger partial charge >= 0.3 is 0 Å². The van der Waals surface area contributed by atoms with Crippen LogP contribution < -0.4 is 10.6 Å². The fourth-order valence-electron chi connectivity index (χ4n) is 1.50. The summed E-state index contributed by atoms with van der Waals surface area (Å²) in [5.74, 6) is -0.0318. The molecule has 0 saturated heterocycles. The first-order valence-electron chi connectivity index (χ1n) is 5.73. The van der Waals surface area contributed by atoms with Crippen molar-refractivity contribution in [2.45, 2.75) is 32.9 Å². The number of amides is 1. The van der Waals surface area contributed by atoms with Crippen LogP contribution in [0.3, 0.4) is 0 Å². The van der Waals surface area contributed by atoms with Gasteiger partial charge < -0.3 is 10.6 Å². The standard InChI is InChI=1S/C13H18Cl2N2O/c1-13(2,3)17-12(18)8-16-7-9-4-10(14)6-11(15)5-9/h4-6,16H,7-8H2,1-3H3,(H,17,18). The molecule has 1 rings (SSSR count). The molecular formula is C13H18Cl2N2O. The van der Waals surface area contributed by atoms with E-state index < -0.39 is 0 Å². The maximum absolute atomic E-state index is 11.6. The van der Waals surface area contributed by atoms with E-state index in [1.54, 1.807) is 6.07 Å². The molecule has 0 aliphatic heterocycles. The van der Waals surface area contributed by atoms with Gasteiger partial charge in [0.05, 0.1) is 6.54 Å². The smallest absolute Gasteiger partial charge is 0.234 e. The zero-order valence-electron chi connectivity index (χ0n) is 10.8. The molecular weight excluding hydrogens is 271 g/mol. The summed E-state index contributed by atoms with van der Waals surface area (Å²) in [7, 11) is 0. The average molecular weight is 289 g/mol. The van der Waals surface area contributed by atoms with Crippen LogP contribution in [0, 0.1) is 0 Å². The molecule has 0 spiro atoms. The molecule has 0 aliphatic carbocycles. The first-order chi connectivity index (χ1) is 8.26. The fraction of sp³-hybridized carbons (Fsp3) is 0.462. The predicted molar refractivity (Wildman–Crippen MR) is 76.1 cm³/mol. The van der Waals surface area contributed by atoms with Crippen LogP contribution in [0.2, 0.25) is 10.0 Å². The van der Waals surface area contributed by atoms with Gasteiger partial charge in [-0.1, -0.05) is 23.2 Å². The Hall–Kier alpha value is -0.770. The van der Waals surface area contributed by atoms with Gasteiger partial charge in [0.2, 0.25) is 5.91 Å². The lowest BCUT2D eigenvalue weighted by molar-refractivity contribution is -0.121. The number of hydrogen-bond donors (Lipinski definition) is 2. The van der Waals surface area contributed by atoms with Crippen LogP contribution in [0.15, 0.2) is 18.2 Å². The third-order valence-electron chi connectivity index (χ3n) is 2.05. The second-order valence-corrected chi connectivity index (χ2v) is 6.05. The van der Waals surface area contributed by atoms with E-state index >= 15 is 0 Å². The SMILES string of the molecule is CC(C)(C)NC(=O)CNCc1cc(Cl)cc(Cl)c1. The summed E-state index contributed by atoms with van der Waals surface area (Å²) in [6, 6.07) is 5.32. The van der Waals surface area contributed by atoms with Gasteiger partial charge in [-0.15, -0.1) is 0 Å². The van der Waals surface area contributed by atoms with Gasteiger partial charge in [0, 0.05) is 22.1 Å². The van der Waals surface area contributed by atoms with E-state index in [-0.39, 0.29) is 18.0 Å². The van der Waals surface area contributed by atoms with Gasteiger partial charge in [-0.25, -0.2) is 0 Å². The van der Waals surface area contributed by atoms with E-state index in [0.717, 1.165) is 5.56 Å². The molecule has 5 heteroatoms. The summed E-state index contributed by atoms with van der Waals surface area (Å²) in [6.07, 6.45) is 0. The van der Waals surface area contributed by atoms with Gasteiger partial charge in [0.15, 0.2) is 0 Å². The van der Waals surface area contributed by atoms with Crippen LogP contribution >= 0.6 is 23.2 Å². The quantitative estimate of drug-likeness (QED) is 0.894. The molecule has 100 valence electrons. The lowest BCUT2D eigenvalue weighted by atomic mass is 10.1. The first-order valence-corrected chi connectivity index (χ1v) is 6.48. The van der Waals surface area contributed by atoms with Crippen molar-refractivity contribution in [2.24, 2.45) is 0 Å². The highest BCUT2D eigenvalue weighted by molar-refractivity contribution is 6.34. The third kappa shape index (κ3) is 6.24. The summed E-state index contributed by atoms with van der Waals surface area (Å²) in [4.78, 5) is 11.6. The Morgan fingerprint density at radius 2 is 1.72 bits per heavy atom. The summed E-state index contributed by atoms with van der Waals surface area (Å²) >= 11 is 11.8. The molecule has 0 aromatic heterocycles. The fourth-order valence-corrected chi connectivity index (χ4v) is 2.07. The molecule has 18 heavy (non-hydrogen) atoms. The van der Waals surface area contributed by atoms with Crippen LogP contribution in [0.25, 0.3) is 0 Å². The zero-order valence-corrected chi connectivity index (χ0v) is 12.3. The highest BCUT2D eigenvalue weighted by Gasteiger charge is 2.12. The topological polar surface area (TPSA) is 41.1 Å². The number of halogens is 2. The molecule has 1 aromatic rings. The molecule has 0 bridgehead atoms. The van der Waals surface area contributed by atoms with Crippen molar-refractivity contribution >= 4 is 29.1 Å². The minimum absolute atomic E-state index is 0.0318. The summed E-state index contributed by atoms with van der Waals surface area (Å²) in [5.41, 5.74) is 0.744. The normalized spacial score (nSPS) is 11.4. The van der Waals surface area contributed by atoms with Crippen molar-refractivity contribution in [2.75, 3.05) is 6.54 Å². The number of nitrogens with one attached hydrogen (secondary N) is 2. The third-order valence-corrected chi connectivity index (χ3v) is 2.49. The summed E-state index contributed by atoms with van der Waals surface area (Å²) in [5, 5.41) is 7.12. The number of benzene rings is 1. The van der Waals surface area contributed by atoms with Gasteiger partial charge in [0.1, 0.15) is 0 Å². The number of rotatable bonds is 4. The van der Waals surface area contributed by atoms with Crippen LogP contribution in [-0.4, -0.2) is 18.0 Å². The number of carbonyl (C=O) groups is 1. The average Bonchev–Trinajstić information content (AvgIpc) is 2.12. The Balaban J connectivity index is 2.40. The Labute approximate surface area is 118 Å². The minimum atomic E-state index is -0.210. The van der Waals surface area contributed by atoms with Crippen LogP contribution in [0.4, 0.5) is 0 Å². The predicted octanol–water partition coefficient (Wildman–Crippen LogP) is 3.00. The van der Waals surface area contributed by atoms with Gasteiger partial charge in [-0.05, 0) is 44.5 Å². The van der Waals surface area contributed by atoms with Crippen molar-refractivity contribution in [3.63, 3.8) is 0 Å². The molecule has 0 unspecified atom stereocenters. The van der Waals surface area contributed by atoms with E-state index in [4.69, 9.17) is 23.2 Å². The van der Waals surface area contributed by atoms with E-state index in [2.05, 4.69) is 10.6 Å². The van der Waals surface area contributed by atoms with Gasteiger partial charge in [-0.3, -0.25) is 4.79 Å². The molecule has 0 fully saturated rings. The lowest BCUT2D eigenvalue weighted by Gasteiger charge is -2.20. The monoisotopic (exact) mass is 288 g/mol. The molecule has 0 atom stereocenters. The van der Waals surface area contributed by atoms with Gasteiger partial charge in [-0.2, -0.15) is 0 Å². The van der Waals surface area contributed by atoms with Crippen molar-refractivity contribution in [1.82, 2.24) is 10.6 Å². The largest absolute Gasteiger partial charge is 0.350 e. The van der Waals surface area contributed by atoms with Gasteiger partial charge in [0.25, 0.3) is 0 Å². The van der Waals surface area contributed by atoms with Crippen molar-refractivity contribution in [1.29, 1.82) is 0 Å². The second kappa shape index (κ2) is 6.41. The maximum atomic E-state index is 11.6. The van der Waals surface area contributed by atoms with Crippen LogP contribution in [0.1, 0.15) is 26.3 Å². The molecule has 3 nitrogen and oxygen atoms in total. The lowest BCUT2D eigenvalue weighted by Crippen LogP contribution is -2.44. The Kier molecular flexibility index (Phi) is 5.45. The summed E-state index contributed by atoms with van der Waals surface area (Å²) < 4.78 is 0. The molecule has 0 saturated carbocycles. The molecule has 1 aromatic carbocycles. The molecule has 0 heterocycles. The van der Waals surface area contributed by atoms with Crippen molar-refractivity contribution < 1.29 is 4.79 Å². The highest BCUT2D eigenvalue weighted by Crippen LogP contribution is 2.18. The summed E-state index contributed by atoms with van der Waals surface area (Å²) in [6.45, 7) is 6.66.